The highest BCUT2D eigenvalue weighted by Gasteiger charge is 2.19. The van der Waals surface area contributed by atoms with Crippen molar-refractivity contribution in [3.8, 4) is 0 Å². The minimum Gasteiger partial charge on any atom is -0.299 e. The minimum atomic E-state index is 0.190. The van der Waals surface area contributed by atoms with Crippen LogP contribution in [-0.2, 0) is 24.2 Å². The molecule has 3 aromatic rings. The van der Waals surface area contributed by atoms with Crippen molar-refractivity contribution >= 4 is 23.1 Å². The average Bonchev–Trinajstić information content (AvgIpc) is 3.10. The zero-order chi connectivity index (χ0) is 20.4. The number of benzene rings is 1. The zero-order valence-corrected chi connectivity index (χ0v) is 17.3. The molecule has 2 aromatic heterocycles. The standard InChI is InChI=1S/C24H22ClN3O/c1-15-9-20(25)5-3-17(15)4-6-22(29)12-21-11-19-13-28-24(23(19)14-27-21)18-7-8-26-16(2)10-18/h3,5,7-11,14H,4,6,12-13H2,1-2H3. The maximum atomic E-state index is 12.5. The monoisotopic (exact) mass is 403 g/mol. The number of ketones is 1. The van der Waals surface area contributed by atoms with E-state index >= 15 is 0 Å². The van der Waals surface area contributed by atoms with Crippen molar-refractivity contribution in [3.63, 3.8) is 0 Å². The van der Waals surface area contributed by atoms with Crippen LogP contribution in [-0.4, -0.2) is 21.5 Å². The van der Waals surface area contributed by atoms with Crippen LogP contribution in [0.5, 0.6) is 0 Å². The molecule has 0 saturated carbocycles. The normalized spacial score (nSPS) is 12.6. The Hall–Kier alpha value is -2.85. The topological polar surface area (TPSA) is 55.2 Å². The maximum Gasteiger partial charge on any atom is 0.139 e. The highest BCUT2D eigenvalue weighted by atomic mass is 35.5. The summed E-state index contributed by atoms with van der Waals surface area (Å²) in [6, 6.07) is 11.8. The molecule has 0 unspecified atom stereocenters. The van der Waals surface area contributed by atoms with Gasteiger partial charge in [0, 0.05) is 52.8 Å². The van der Waals surface area contributed by atoms with Crippen molar-refractivity contribution in [3.05, 3.63) is 93.0 Å². The van der Waals surface area contributed by atoms with Crippen LogP contribution in [0.25, 0.3) is 0 Å². The number of hydrogen-bond acceptors (Lipinski definition) is 4. The predicted octanol–water partition coefficient (Wildman–Crippen LogP) is 4.84. The van der Waals surface area contributed by atoms with Crippen molar-refractivity contribution in [1.82, 2.24) is 9.97 Å². The molecule has 0 atom stereocenters. The van der Waals surface area contributed by atoms with Gasteiger partial charge in [0.25, 0.3) is 0 Å². The summed E-state index contributed by atoms with van der Waals surface area (Å²) in [6.45, 7) is 4.62. The molecule has 1 aliphatic heterocycles. The first-order chi connectivity index (χ1) is 14.0. The molecule has 3 heterocycles. The largest absolute Gasteiger partial charge is 0.299 e. The number of aryl methyl sites for hydroxylation is 3. The molecule has 0 N–H and O–H groups in total. The second kappa shape index (κ2) is 8.26. The van der Waals surface area contributed by atoms with Gasteiger partial charge in [-0.25, -0.2) is 0 Å². The smallest absolute Gasteiger partial charge is 0.139 e. The summed E-state index contributed by atoms with van der Waals surface area (Å²) in [5.74, 6) is 0.190. The molecule has 146 valence electrons. The number of fused-ring (bicyclic) bond motifs is 1. The quantitative estimate of drug-likeness (QED) is 0.591. The van der Waals surface area contributed by atoms with Crippen LogP contribution in [0.15, 0.2) is 53.8 Å². The molecule has 0 saturated heterocycles. The van der Waals surface area contributed by atoms with Crippen LogP contribution in [0.4, 0.5) is 0 Å². The number of rotatable bonds is 6. The van der Waals surface area contributed by atoms with Gasteiger partial charge in [0.15, 0.2) is 0 Å². The fourth-order valence-electron chi connectivity index (χ4n) is 3.68. The number of aromatic nitrogens is 2. The number of carbonyl (C=O) groups is 1. The van der Waals surface area contributed by atoms with Crippen LogP contribution in [0, 0.1) is 13.8 Å². The number of nitrogens with zero attached hydrogens (tertiary/aromatic N) is 3. The van der Waals surface area contributed by atoms with E-state index in [0.717, 1.165) is 56.4 Å². The first kappa shape index (κ1) is 19.5. The van der Waals surface area contributed by atoms with Crippen LogP contribution < -0.4 is 0 Å². The van der Waals surface area contributed by atoms with E-state index in [0.29, 0.717) is 19.4 Å². The molecular weight excluding hydrogens is 382 g/mol. The van der Waals surface area contributed by atoms with Crippen molar-refractivity contribution in [1.29, 1.82) is 0 Å². The van der Waals surface area contributed by atoms with Gasteiger partial charge in [0.05, 0.1) is 12.3 Å². The molecule has 29 heavy (non-hydrogen) atoms. The molecule has 4 nitrogen and oxygen atoms in total. The average molecular weight is 404 g/mol. The summed E-state index contributed by atoms with van der Waals surface area (Å²) in [7, 11) is 0. The lowest BCUT2D eigenvalue weighted by molar-refractivity contribution is -0.118. The molecule has 1 aliphatic rings. The Balaban J connectivity index is 1.42. The first-order valence-corrected chi connectivity index (χ1v) is 10.1. The Labute approximate surface area is 175 Å². The van der Waals surface area contributed by atoms with E-state index in [1.54, 1.807) is 6.20 Å². The summed E-state index contributed by atoms with van der Waals surface area (Å²) < 4.78 is 0. The summed E-state index contributed by atoms with van der Waals surface area (Å²) >= 11 is 6.00. The SMILES string of the molecule is Cc1cc(C2=NCc3cc(CC(=O)CCc4ccc(Cl)cc4C)ncc32)ccn1. The van der Waals surface area contributed by atoms with E-state index in [1.165, 1.54) is 0 Å². The van der Waals surface area contributed by atoms with Crippen molar-refractivity contribution < 1.29 is 4.79 Å². The lowest BCUT2D eigenvalue weighted by Gasteiger charge is -2.08. The molecule has 4 rings (SSSR count). The Morgan fingerprint density at radius 2 is 1.97 bits per heavy atom. The fraction of sp³-hybridized carbons (Fsp3) is 0.250. The van der Waals surface area contributed by atoms with Crippen molar-refractivity contribution in [2.45, 2.75) is 39.7 Å². The number of Topliss-reactive ketones (excluding diaryl/α,β-unsaturated/α-hetero) is 1. The maximum absolute atomic E-state index is 12.5. The van der Waals surface area contributed by atoms with Gasteiger partial charge in [-0.3, -0.25) is 19.8 Å². The summed E-state index contributed by atoms with van der Waals surface area (Å²) in [4.78, 5) is 26.0. The van der Waals surface area contributed by atoms with Gasteiger partial charge < -0.3 is 0 Å². The summed E-state index contributed by atoms with van der Waals surface area (Å²) in [5.41, 5.74) is 8.24. The van der Waals surface area contributed by atoms with Gasteiger partial charge in [-0.15, -0.1) is 0 Å². The molecular formula is C24H22ClN3O. The number of carbonyl (C=O) groups excluding carboxylic acids is 1. The van der Waals surface area contributed by atoms with Gasteiger partial charge in [0.2, 0.25) is 0 Å². The number of aliphatic imine (C=N–C) groups is 1. The van der Waals surface area contributed by atoms with E-state index in [4.69, 9.17) is 11.6 Å². The van der Waals surface area contributed by atoms with Crippen molar-refractivity contribution in [2.75, 3.05) is 0 Å². The molecule has 0 bridgehead atoms. The lowest BCUT2D eigenvalue weighted by atomic mass is 9.99. The second-order valence-electron chi connectivity index (χ2n) is 7.47. The van der Waals surface area contributed by atoms with E-state index in [2.05, 4.69) is 15.0 Å². The lowest BCUT2D eigenvalue weighted by Crippen LogP contribution is -2.08. The van der Waals surface area contributed by atoms with Crippen LogP contribution in [0.2, 0.25) is 5.02 Å². The third kappa shape index (κ3) is 4.43. The van der Waals surface area contributed by atoms with Gasteiger partial charge in [0.1, 0.15) is 5.78 Å². The van der Waals surface area contributed by atoms with E-state index in [1.807, 2.05) is 56.4 Å². The number of halogens is 1. The Morgan fingerprint density at radius 3 is 2.76 bits per heavy atom. The van der Waals surface area contributed by atoms with Gasteiger partial charge in [-0.05, 0) is 67.3 Å². The van der Waals surface area contributed by atoms with Gasteiger partial charge in [-0.2, -0.15) is 0 Å². The number of hydrogen-bond donors (Lipinski definition) is 0. The molecule has 0 amide bonds. The van der Waals surface area contributed by atoms with E-state index in [9.17, 15) is 4.79 Å². The van der Waals surface area contributed by atoms with Crippen molar-refractivity contribution in [2.24, 2.45) is 4.99 Å². The second-order valence-corrected chi connectivity index (χ2v) is 7.91. The van der Waals surface area contributed by atoms with Crippen LogP contribution in [0.1, 0.15) is 45.6 Å². The molecule has 1 aromatic carbocycles. The third-order valence-corrected chi connectivity index (χ3v) is 5.47. The third-order valence-electron chi connectivity index (χ3n) is 5.24. The molecule has 5 heteroatoms. The molecule has 0 radical (unpaired) electrons. The highest BCUT2D eigenvalue weighted by molar-refractivity contribution is 6.30. The Bertz CT molecular complexity index is 1120. The molecule has 0 fully saturated rings. The predicted molar refractivity (Wildman–Crippen MR) is 116 cm³/mol. The Kier molecular flexibility index (Phi) is 5.54. The zero-order valence-electron chi connectivity index (χ0n) is 16.6. The van der Waals surface area contributed by atoms with Gasteiger partial charge >= 0.3 is 0 Å². The first-order valence-electron chi connectivity index (χ1n) is 9.72. The van der Waals surface area contributed by atoms with E-state index in [-0.39, 0.29) is 5.78 Å². The van der Waals surface area contributed by atoms with E-state index < -0.39 is 0 Å². The summed E-state index contributed by atoms with van der Waals surface area (Å²) in [6.07, 6.45) is 5.22. The van der Waals surface area contributed by atoms with Crippen LogP contribution in [0.3, 0.4) is 0 Å². The van der Waals surface area contributed by atoms with Gasteiger partial charge in [-0.1, -0.05) is 17.7 Å². The minimum absolute atomic E-state index is 0.190. The highest BCUT2D eigenvalue weighted by Crippen LogP contribution is 2.24. The fourth-order valence-corrected chi connectivity index (χ4v) is 3.91. The number of pyridine rings is 2. The Morgan fingerprint density at radius 1 is 1.10 bits per heavy atom. The molecule has 0 aliphatic carbocycles. The molecule has 0 spiro atoms. The summed E-state index contributed by atoms with van der Waals surface area (Å²) in [5, 5.41) is 0.725. The van der Waals surface area contributed by atoms with Crippen LogP contribution >= 0.6 is 11.6 Å².